The van der Waals surface area contributed by atoms with E-state index in [9.17, 15) is 8.78 Å². The summed E-state index contributed by atoms with van der Waals surface area (Å²) in [5, 5.41) is 3.75. The van der Waals surface area contributed by atoms with Crippen LogP contribution in [0.3, 0.4) is 0 Å². The monoisotopic (exact) mass is 265 g/mol. The Morgan fingerprint density at radius 3 is 2.74 bits per heavy atom. The van der Waals surface area contributed by atoms with Gasteiger partial charge in [0.15, 0.2) is 0 Å². The Bertz CT molecular complexity index is 557. The molecule has 0 saturated carbocycles. The maximum atomic E-state index is 12.2. The van der Waals surface area contributed by atoms with Gasteiger partial charge >= 0.3 is 0 Å². The third-order valence-corrected chi connectivity index (χ3v) is 3.01. The first-order valence-corrected chi connectivity index (χ1v) is 6.19. The second kappa shape index (κ2) is 6.04. The highest BCUT2D eigenvalue weighted by Crippen LogP contribution is 2.19. The van der Waals surface area contributed by atoms with Gasteiger partial charge in [0.1, 0.15) is 0 Å². The Kier molecular flexibility index (Phi) is 4.39. The van der Waals surface area contributed by atoms with Crippen molar-refractivity contribution >= 4 is 10.9 Å². The average Bonchev–Trinajstić information content (AvgIpc) is 2.39. The fraction of sp³-hybridized carbons (Fsp3) is 0.357. The lowest BCUT2D eigenvalue weighted by molar-refractivity contribution is 0.141. The van der Waals surface area contributed by atoms with Gasteiger partial charge in [0.05, 0.1) is 12.1 Å². The highest BCUT2D eigenvalue weighted by molar-refractivity contribution is 5.79. The van der Waals surface area contributed by atoms with Crippen LogP contribution in [0.25, 0.3) is 10.9 Å². The number of hydrogen-bond acceptors (Lipinski definition) is 3. The van der Waals surface area contributed by atoms with Crippen molar-refractivity contribution in [3.05, 3.63) is 41.6 Å². The molecule has 0 aliphatic rings. The standard InChI is InChI=1S/C14H17F2N3/c1-9-2-3-10-6-11(4-5-12(10)19-9)13(7-17)18-8-14(15)16/h2-6,13-14,18H,7-8,17H2,1H3. The van der Waals surface area contributed by atoms with Gasteiger partial charge < -0.3 is 11.1 Å². The molecule has 2 rings (SSSR count). The predicted molar refractivity (Wildman–Crippen MR) is 72.3 cm³/mol. The molecular weight excluding hydrogens is 248 g/mol. The van der Waals surface area contributed by atoms with Crippen LogP contribution in [0.1, 0.15) is 17.3 Å². The maximum absolute atomic E-state index is 12.2. The van der Waals surface area contributed by atoms with Crippen LogP contribution in [0.4, 0.5) is 8.78 Å². The number of nitrogens with one attached hydrogen (secondary N) is 1. The number of nitrogens with zero attached hydrogens (tertiary/aromatic N) is 1. The van der Waals surface area contributed by atoms with Crippen molar-refractivity contribution in [2.75, 3.05) is 13.1 Å². The Hall–Kier alpha value is -1.59. The van der Waals surface area contributed by atoms with E-state index in [1.165, 1.54) is 0 Å². The molecule has 19 heavy (non-hydrogen) atoms. The van der Waals surface area contributed by atoms with Crippen LogP contribution >= 0.6 is 0 Å². The van der Waals surface area contributed by atoms with Gasteiger partial charge in [-0.1, -0.05) is 12.1 Å². The molecule has 1 aromatic heterocycles. The first-order valence-electron chi connectivity index (χ1n) is 6.19. The van der Waals surface area contributed by atoms with E-state index in [0.717, 1.165) is 22.2 Å². The quantitative estimate of drug-likeness (QED) is 0.872. The van der Waals surface area contributed by atoms with E-state index in [0.29, 0.717) is 0 Å². The molecule has 1 unspecified atom stereocenters. The van der Waals surface area contributed by atoms with E-state index in [1.807, 2.05) is 37.3 Å². The Labute approximate surface area is 110 Å². The van der Waals surface area contributed by atoms with Gasteiger partial charge in [-0.25, -0.2) is 8.78 Å². The zero-order valence-electron chi connectivity index (χ0n) is 10.7. The van der Waals surface area contributed by atoms with Gasteiger partial charge in [-0.2, -0.15) is 0 Å². The van der Waals surface area contributed by atoms with Crippen molar-refractivity contribution in [3.63, 3.8) is 0 Å². The first-order chi connectivity index (χ1) is 9.10. The number of aryl methyl sites for hydroxylation is 1. The summed E-state index contributed by atoms with van der Waals surface area (Å²) in [6, 6.07) is 9.35. The van der Waals surface area contributed by atoms with Gasteiger partial charge in [-0.05, 0) is 30.7 Å². The summed E-state index contributed by atoms with van der Waals surface area (Å²) in [7, 11) is 0. The topological polar surface area (TPSA) is 50.9 Å². The smallest absolute Gasteiger partial charge is 0.250 e. The normalized spacial score (nSPS) is 13.1. The van der Waals surface area contributed by atoms with Crippen molar-refractivity contribution in [2.24, 2.45) is 5.73 Å². The molecule has 1 atom stereocenters. The van der Waals surface area contributed by atoms with Crippen molar-refractivity contribution in [1.29, 1.82) is 0 Å². The molecule has 3 N–H and O–H groups in total. The number of nitrogens with two attached hydrogens (primary N) is 1. The van der Waals surface area contributed by atoms with Crippen LogP contribution in [0.15, 0.2) is 30.3 Å². The number of hydrogen-bond donors (Lipinski definition) is 2. The number of benzene rings is 1. The molecular formula is C14H17F2N3. The lowest BCUT2D eigenvalue weighted by Gasteiger charge is -2.17. The zero-order valence-corrected chi connectivity index (χ0v) is 10.7. The van der Waals surface area contributed by atoms with Crippen molar-refractivity contribution in [2.45, 2.75) is 19.4 Å². The number of fused-ring (bicyclic) bond motifs is 1. The number of alkyl halides is 2. The molecule has 3 nitrogen and oxygen atoms in total. The van der Waals surface area contributed by atoms with Gasteiger partial charge in [-0.15, -0.1) is 0 Å². The summed E-state index contributed by atoms with van der Waals surface area (Å²) in [5.41, 5.74) is 8.39. The van der Waals surface area contributed by atoms with Crippen LogP contribution < -0.4 is 11.1 Å². The fourth-order valence-electron chi connectivity index (χ4n) is 2.03. The summed E-state index contributed by atoms with van der Waals surface area (Å²) in [6.45, 7) is 1.85. The van der Waals surface area contributed by atoms with Gasteiger partial charge in [0.2, 0.25) is 0 Å². The second-order valence-electron chi connectivity index (χ2n) is 4.49. The third kappa shape index (κ3) is 3.45. The van der Waals surface area contributed by atoms with Gasteiger partial charge in [0, 0.05) is 23.7 Å². The van der Waals surface area contributed by atoms with E-state index < -0.39 is 6.43 Å². The minimum Gasteiger partial charge on any atom is -0.329 e. The summed E-state index contributed by atoms with van der Waals surface area (Å²) in [4.78, 5) is 4.40. The Morgan fingerprint density at radius 1 is 1.26 bits per heavy atom. The van der Waals surface area contributed by atoms with E-state index >= 15 is 0 Å². The number of pyridine rings is 1. The zero-order chi connectivity index (χ0) is 13.8. The summed E-state index contributed by atoms with van der Waals surface area (Å²) >= 11 is 0. The molecule has 0 aliphatic carbocycles. The van der Waals surface area contributed by atoms with E-state index in [2.05, 4.69) is 10.3 Å². The number of halogens is 2. The largest absolute Gasteiger partial charge is 0.329 e. The van der Waals surface area contributed by atoms with E-state index in [-0.39, 0.29) is 19.1 Å². The molecule has 0 saturated heterocycles. The molecule has 0 radical (unpaired) electrons. The predicted octanol–water partition coefficient (Wildman–Crippen LogP) is 2.40. The molecule has 2 aromatic rings. The molecule has 1 heterocycles. The first kappa shape index (κ1) is 13.8. The molecule has 0 aliphatic heterocycles. The average molecular weight is 265 g/mol. The van der Waals surface area contributed by atoms with Gasteiger partial charge in [0.25, 0.3) is 6.43 Å². The molecule has 0 amide bonds. The number of aromatic nitrogens is 1. The summed E-state index contributed by atoms with van der Waals surface area (Å²) in [6.07, 6.45) is -2.38. The molecule has 0 fully saturated rings. The van der Waals surface area contributed by atoms with Crippen LogP contribution in [0.2, 0.25) is 0 Å². The molecule has 102 valence electrons. The van der Waals surface area contributed by atoms with E-state index in [4.69, 9.17) is 5.73 Å². The SMILES string of the molecule is Cc1ccc2cc(C(CN)NCC(F)F)ccc2n1. The van der Waals surface area contributed by atoms with Crippen LogP contribution in [0, 0.1) is 6.92 Å². The Morgan fingerprint density at radius 2 is 2.05 bits per heavy atom. The highest BCUT2D eigenvalue weighted by Gasteiger charge is 2.12. The van der Waals surface area contributed by atoms with Crippen LogP contribution in [-0.4, -0.2) is 24.5 Å². The lowest BCUT2D eigenvalue weighted by Crippen LogP contribution is -2.31. The Balaban J connectivity index is 2.25. The van der Waals surface area contributed by atoms with Crippen LogP contribution in [0.5, 0.6) is 0 Å². The highest BCUT2D eigenvalue weighted by atomic mass is 19.3. The summed E-state index contributed by atoms with van der Waals surface area (Å²) in [5.74, 6) is 0. The second-order valence-corrected chi connectivity index (χ2v) is 4.49. The van der Waals surface area contributed by atoms with Crippen molar-refractivity contribution in [3.8, 4) is 0 Å². The van der Waals surface area contributed by atoms with E-state index in [1.54, 1.807) is 0 Å². The molecule has 1 aromatic carbocycles. The van der Waals surface area contributed by atoms with Crippen LogP contribution in [-0.2, 0) is 0 Å². The van der Waals surface area contributed by atoms with Crippen molar-refractivity contribution < 1.29 is 8.78 Å². The molecule has 0 spiro atoms. The van der Waals surface area contributed by atoms with Crippen molar-refractivity contribution in [1.82, 2.24) is 10.3 Å². The fourth-order valence-corrected chi connectivity index (χ4v) is 2.03. The van der Waals surface area contributed by atoms with Gasteiger partial charge in [-0.3, -0.25) is 4.98 Å². The molecule has 0 bridgehead atoms. The maximum Gasteiger partial charge on any atom is 0.250 e. The lowest BCUT2D eigenvalue weighted by atomic mass is 10.0. The third-order valence-electron chi connectivity index (χ3n) is 3.01. The summed E-state index contributed by atoms with van der Waals surface area (Å²) < 4.78 is 24.5. The molecule has 5 heteroatoms. The number of rotatable bonds is 5. The minimum atomic E-state index is -2.38. The minimum absolute atomic E-state index is 0.264.